The number of non-ortho nitro benzene ring substituents is 1. The van der Waals surface area contributed by atoms with Crippen molar-refractivity contribution in [3.63, 3.8) is 0 Å². The van der Waals surface area contributed by atoms with Gasteiger partial charge in [0, 0.05) is 35.5 Å². The number of anilines is 1. The summed E-state index contributed by atoms with van der Waals surface area (Å²) in [5.41, 5.74) is 1.76. The third-order valence-corrected chi connectivity index (χ3v) is 3.06. The maximum Gasteiger partial charge on any atom is 0.271 e. The van der Waals surface area contributed by atoms with Gasteiger partial charge in [0.05, 0.1) is 10.6 Å². The molecule has 1 N–H and O–H groups in total. The van der Waals surface area contributed by atoms with Crippen LogP contribution in [0.5, 0.6) is 0 Å². The first kappa shape index (κ1) is 12.5. The van der Waals surface area contributed by atoms with E-state index in [1.807, 2.05) is 12.1 Å². The van der Waals surface area contributed by atoms with Crippen LogP contribution in [0.2, 0.25) is 0 Å². The van der Waals surface area contributed by atoms with E-state index in [2.05, 4.69) is 26.2 Å². The number of nitro groups is 1. The zero-order chi connectivity index (χ0) is 13.0. The minimum Gasteiger partial charge on any atom is -0.380 e. The van der Waals surface area contributed by atoms with E-state index in [0.717, 1.165) is 10.0 Å². The Bertz CT molecular complexity index is 561. The first-order chi connectivity index (χ1) is 8.66. The van der Waals surface area contributed by atoms with Gasteiger partial charge in [-0.1, -0.05) is 6.07 Å². The fraction of sp³-hybridized carbons (Fsp3) is 0.0833. The van der Waals surface area contributed by atoms with Crippen LogP contribution in [0.4, 0.5) is 11.4 Å². The van der Waals surface area contributed by atoms with Crippen LogP contribution in [0.3, 0.4) is 0 Å². The normalized spacial score (nSPS) is 10.1. The number of hydrogen-bond donors (Lipinski definition) is 1. The van der Waals surface area contributed by atoms with Gasteiger partial charge < -0.3 is 5.32 Å². The number of pyridine rings is 1. The Morgan fingerprint density at radius 3 is 2.89 bits per heavy atom. The van der Waals surface area contributed by atoms with Crippen LogP contribution in [-0.4, -0.2) is 9.91 Å². The van der Waals surface area contributed by atoms with E-state index in [0.29, 0.717) is 12.2 Å². The maximum absolute atomic E-state index is 10.7. The molecule has 0 unspecified atom stereocenters. The van der Waals surface area contributed by atoms with E-state index in [1.54, 1.807) is 18.5 Å². The second-order valence-electron chi connectivity index (χ2n) is 3.64. The van der Waals surface area contributed by atoms with Crippen LogP contribution in [0.1, 0.15) is 5.56 Å². The summed E-state index contributed by atoms with van der Waals surface area (Å²) in [5.74, 6) is 0. The van der Waals surface area contributed by atoms with Crippen LogP contribution < -0.4 is 5.32 Å². The second-order valence-corrected chi connectivity index (χ2v) is 4.49. The van der Waals surface area contributed by atoms with Crippen molar-refractivity contribution in [1.82, 2.24) is 4.98 Å². The van der Waals surface area contributed by atoms with E-state index in [-0.39, 0.29) is 5.69 Å². The summed E-state index contributed by atoms with van der Waals surface area (Å²) in [6.07, 6.45) is 3.45. The topological polar surface area (TPSA) is 68.1 Å². The highest BCUT2D eigenvalue weighted by Gasteiger charge is 2.09. The minimum absolute atomic E-state index is 0.0619. The Morgan fingerprint density at radius 1 is 1.39 bits per heavy atom. The molecule has 0 fully saturated rings. The molecule has 1 heterocycles. The maximum atomic E-state index is 10.7. The summed E-state index contributed by atoms with van der Waals surface area (Å²) in [7, 11) is 0. The number of nitro benzene ring substituents is 1. The van der Waals surface area contributed by atoms with Crippen LogP contribution in [0, 0.1) is 10.1 Å². The lowest BCUT2D eigenvalue weighted by molar-refractivity contribution is -0.384. The van der Waals surface area contributed by atoms with Crippen molar-refractivity contribution in [2.45, 2.75) is 6.54 Å². The molecule has 0 saturated heterocycles. The zero-order valence-corrected chi connectivity index (χ0v) is 10.9. The Hall–Kier alpha value is -1.95. The standard InChI is InChI=1S/C12H10BrN3O2/c13-11-4-3-10(16(17)18)6-12(11)15-8-9-2-1-5-14-7-9/h1-7,15H,8H2. The van der Waals surface area contributed by atoms with Crippen LogP contribution in [0.25, 0.3) is 0 Å². The number of aromatic nitrogens is 1. The Balaban J connectivity index is 2.14. The number of hydrogen-bond acceptors (Lipinski definition) is 4. The Morgan fingerprint density at radius 2 is 2.22 bits per heavy atom. The average Bonchev–Trinajstić information content (AvgIpc) is 2.38. The minimum atomic E-state index is -0.415. The van der Waals surface area contributed by atoms with Gasteiger partial charge in [0.15, 0.2) is 0 Å². The largest absolute Gasteiger partial charge is 0.380 e. The van der Waals surface area contributed by atoms with Crippen molar-refractivity contribution >= 4 is 27.3 Å². The summed E-state index contributed by atoms with van der Waals surface area (Å²) < 4.78 is 0.789. The smallest absolute Gasteiger partial charge is 0.271 e. The molecule has 18 heavy (non-hydrogen) atoms. The van der Waals surface area contributed by atoms with Crippen LogP contribution >= 0.6 is 15.9 Å². The third kappa shape index (κ3) is 3.04. The monoisotopic (exact) mass is 307 g/mol. The lowest BCUT2D eigenvalue weighted by Gasteiger charge is -2.08. The first-order valence-electron chi connectivity index (χ1n) is 5.23. The molecular weight excluding hydrogens is 298 g/mol. The van der Waals surface area contributed by atoms with E-state index in [4.69, 9.17) is 0 Å². The molecule has 0 bridgehead atoms. The molecule has 0 atom stereocenters. The Labute approximate surface area is 112 Å². The van der Waals surface area contributed by atoms with Gasteiger partial charge in [0.2, 0.25) is 0 Å². The van der Waals surface area contributed by atoms with Crippen molar-refractivity contribution in [3.8, 4) is 0 Å². The fourth-order valence-corrected chi connectivity index (χ4v) is 1.85. The fourth-order valence-electron chi connectivity index (χ4n) is 1.46. The van der Waals surface area contributed by atoms with Crippen LogP contribution in [0.15, 0.2) is 47.2 Å². The molecule has 0 spiro atoms. The van der Waals surface area contributed by atoms with Crippen molar-refractivity contribution in [1.29, 1.82) is 0 Å². The van der Waals surface area contributed by atoms with Gasteiger partial charge >= 0.3 is 0 Å². The number of nitrogens with zero attached hydrogens (tertiary/aromatic N) is 2. The van der Waals surface area contributed by atoms with Gasteiger partial charge in [-0.05, 0) is 33.6 Å². The molecule has 0 amide bonds. The zero-order valence-electron chi connectivity index (χ0n) is 9.34. The van der Waals surface area contributed by atoms with E-state index >= 15 is 0 Å². The number of rotatable bonds is 4. The average molecular weight is 308 g/mol. The van der Waals surface area contributed by atoms with Crippen molar-refractivity contribution in [2.75, 3.05) is 5.32 Å². The van der Waals surface area contributed by atoms with E-state index < -0.39 is 4.92 Å². The van der Waals surface area contributed by atoms with Gasteiger partial charge in [0.1, 0.15) is 0 Å². The molecule has 0 saturated carbocycles. The summed E-state index contributed by atoms with van der Waals surface area (Å²) >= 11 is 3.35. The molecule has 0 aliphatic heterocycles. The number of halogens is 1. The summed E-state index contributed by atoms with van der Waals surface area (Å²) in [4.78, 5) is 14.3. The SMILES string of the molecule is O=[N+]([O-])c1ccc(Br)c(NCc2cccnc2)c1. The van der Waals surface area contributed by atoms with Crippen molar-refractivity contribution < 1.29 is 4.92 Å². The lowest BCUT2D eigenvalue weighted by Crippen LogP contribution is -2.01. The molecule has 1 aromatic carbocycles. The third-order valence-electron chi connectivity index (χ3n) is 2.37. The van der Waals surface area contributed by atoms with E-state index in [9.17, 15) is 10.1 Å². The highest BCUT2D eigenvalue weighted by Crippen LogP contribution is 2.27. The summed E-state index contributed by atoms with van der Waals surface area (Å²) in [6.45, 7) is 0.563. The van der Waals surface area contributed by atoms with E-state index in [1.165, 1.54) is 12.1 Å². The molecule has 0 radical (unpaired) electrons. The molecule has 1 aromatic heterocycles. The number of nitrogens with one attached hydrogen (secondary N) is 1. The summed E-state index contributed by atoms with van der Waals surface area (Å²) in [5, 5.41) is 13.8. The predicted molar refractivity (Wildman–Crippen MR) is 72.4 cm³/mol. The van der Waals surface area contributed by atoms with Crippen LogP contribution in [-0.2, 0) is 6.54 Å². The molecule has 5 nitrogen and oxygen atoms in total. The molecule has 0 aliphatic carbocycles. The molecule has 92 valence electrons. The predicted octanol–water partition coefficient (Wildman–Crippen LogP) is 3.36. The number of benzene rings is 1. The van der Waals surface area contributed by atoms with Gasteiger partial charge in [-0.3, -0.25) is 15.1 Å². The van der Waals surface area contributed by atoms with Gasteiger partial charge in [-0.2, -0.15) is 0 Å². The van der Waals surface area contributed by atoms with Crippen molar-refractivity contribution in [3.05, 3.63) is 62.9 Å². The molecule has 2 rings (SSSR count). The molecule has 6 heteroatoms. The molecule has 2 aromatic rings. The van der Waals surface area contributed by atoms with Crippen molar-refractivity contribution in [2.24, 2.45) is 0 Å². The lowest BCUT2D eigenvalue weighted by atomic mass is 10.2. The molecule has 0 aliphatic rings. The molecular formula is C12H10BrN3O2. The first-order valence-corrected chi connectivity index (χ1v) is 6.03. The quantitative estimate of drug-likeness (QED) is 0.694. The highest BCUT2D eigenvalue weighted by molar-refractivity contribution is 9.10. The van der Waals surface area contributed by atoms with Gasteiger partial charge in [-0.25, -0.2) is 0 Å². The second kappa shape index (κ2) is 5.59. The van der Waals surface area contributed by atoms with Gasteiger partial charge in [0.25, 0.3) is 5.69 Å². The van der Waals surface area contributed by atoms with Gasteiger partial charge in [-0.15, -0.1) is 0 Å². The summed E-state index contributed by atoms with van der Waals surface area (Å²) in [6, 6.07) is 8.40. The highest BCUT2D eigenvalue weighted by atomic mass is 79.9. The Kier molecular flexibility index (Phi) is 3.88.